The number of hydrogen-bond acceptors (Lipinski definition) is 4. The van der Waals surface area contributed by atoms with Gasteiger partial charge in [-0.2, -0.15) is 0 Å². The molecule has 0 radical (unpaired) electrons. The summed E-state index contributed by atoms with van der Waals surface area (Å²) in [4.78, 5) is 12.9. The molecule has 128 valence electrons. The van der Waals surface area contributed by atoms with E-state index in [9.17, 15) is 13.2 Å². The van der Waals surface area contributed by atoms with Crippen LogP contribution in [0.15, 0.2) is 53.4 Å². The molecule has 0 aliphatic heterocycles. The van der Waals surface area contributed by atoms with E-state index in [2.05, 4.69) is 4.72 Å². The van der Waals surface area contributed by atoms with Crippen molar-refractivity contribution in [3.05, 3.63) is 59.7 Å². The first-order chi connectivity index (χ1) is 11.3. The maximum atomic E-state index is 12.2. The summed E-state index contributed by atoms with van der Waals surface area (Å²) in [7, 11) is 0.176. The quantitative estimate of drug-likeness (QED) is 0.799. The number of rotatable bonds is 7. The molecule has 0 fully saturated rings. The number of carboxylic acids is 1. The minimum atomic E-state index is -3.73. The largest absolute Gasteiger partial charge is 0.478 e. The van der Waals surface area contributed by atoms with E-state index in [-0.39, 0.29) is 17.0 Å². The van der Waals surface area contributed by atoms with Crippen molar-refractivity contribution in [1.29, 1.82) is 0 Å². The number of nitrogens with one attached hydrogen (secondary N) is 1. The molecule has 0 aliphatic carbocycles. The zero-order valence-electron chi connectivity index (χ0n) is 13.6. The van der Waals surface area contributed by atoms with E-state index in [1.165, 1.54) is 18.2 Å². The van der Waals surface area contributed by atoms with Crippen LogP contribution in [0.25, 0.3) is 0 Å². The topological polar surface area (TPSA) is 86.7 Å². The van der Waals surface area contributed by atoms with E-state index in [0.717, 1.165) is 17.3 Å². The van der Waals surface area contributed by atoms with E-state index in [1.54, 1.807) is 0 Å². The van der Waals surface area contributed by atoms with Crippen LogP contribution < -0.4 is 9.62 Å². The zero-order valence-corrected chi connectivity index (χ0v) is 14.4. The third-order valence-electron chi connectivity index (χ3n) is 3.55. The first-order valence-electron chi connectivity index (χ1n) is 7.39. The minimum Gasteiger partial charge on any atom is -0.478 e. The van der Waals surface area contributed by atoms with Gasteiger partial charge in [-0.25, -0.2) is 17.9 Å². The van der Waals surface area contributed by atoms with Crippen molar-refractivity contribution in [2.45, 2.75) is 11.3 Å². The lowest BCUT2D eigenvalue weighted by atomic mass is 10.1. The van der Waals surface area contributed by atoms with Crippen molar-refractivity contribution in [3.8, 4) is 0 Å². The number of anilines is 1. The van der Waals surface area contributed by atoms with Gasteiger partial charge in [0, 0.05) is 26.3 Å². The summed E-state index contributed by atoms with van der Waals surface area (Å²) in [6, 6.07) is 13.1. The van der Waals surface area contributed by atoms with E-state index >= 15 is 0 Å². The van der Waals surface area contributed by atoms with Gasteiger partial charge in [0.05, 0.1) is 10.5 Å². The highest BCUT2D eigenvalue weighted by molar-refractivity contribution is 7.89. The lowest BCUT2D eigenvalue weighted by Gasteiger charge is -2.13. The molecular formula is C17H20N2O4S. The Bertz CT molecular complexity index is 815. The molecule has 0 bridgehead atoms. The van der Waals surface area contributed by atoms with Crippen molar-refractivity contribution < 1.29 is 18.3 Å². The fourth-order valence-corrected chi connectivity index (χ4v) is 3.25. The van der Waals surface area contributed by atoms with Crippen molar-refractivity contribution in [1.82, 2.24) is 4.72 Å². The highest BCUT2D eigenvalue weighted by atomic mass is 32.2. The van der Waals surface area contributed by atoms with E-state index in [0.29, 0.717) is 6.42 Å². The Balaban J connectivity index is 2.00. The van der Waals surface area contributed by atoms with Crippen LogP contribution in [-0.4, -0.2) is 40.1 Å². The molecule has 0 heterocycles. The SMILES string of the molecule is CN(C)c1ccc(CCNS(=O)(=O)c2cccc(C(=O)O)c2)cc1. The molecule has 24 heavy (non-hydrogen) atoms. The first kappa shape index (κ1) is 18.0. The Hall–Kier alpha value is -2.38. The molecule has 2 aromatic carbocycles. The summed E-state index contributed by atoms with van der Waals surface area (Å²) in [6.45, 7) is 0.237. The summed E-state index contributed by atoms with van der Waals surface area (Å²) >= 11 is 0. The lowest BCUT2D eigenvalue weighted by molar-refractivity contribution is 0.0696. The van der Waals surface area contributed by atoms with Crippen LogP contribution in [-0.2, 0) is 16.4 Å². The highest BCUT2D eigenvalue weighted by Crippen LogP contribution is 2.14. The number of sulfonamides is 1. The average Bonchev–Trinajstić information content (AvgIpc) is 2.55. The molecule has 0 amide bonds. The van der Waals surface area contributed by atoms with Crippen LogP contribution in [0, 0.1) is 0 Å². The van der Waals surface area contributed by atoms with Crippen LogP contribution in [0.2, 0.25) is 0 Å². The third-order valence-corrected chi connectivity index (χ3v) is 5.01. The van der Waals surface area contributed by atoms with Gasteiger partial charge in [-0.1, -0.05) is 18.2 Å². The first-order valence-corrected chi connectivity index (χ1v) is 8.87. The van der Waals surface area contributed by atoms with Gasteiger partial charge in [-0.15, -0.1) is 0 Å². The van der Waals surface area contributed by atoms with Crippen molar-refractivity contribution >= 4 is 21.7 Å². The van der Waals surface area contributed by atoms with Gasteiger partial charge in [0.25, 0.3) is 0 Å². The van der Waals surface area contributed by atoms with Gasteiger partial charge in [-0.3, -0.25) is 0 Å². The standard InChI is InChI=1S/C17H20N2O4S/c1-19(2)15-8-6-13(7-9-15)10-11-18-24(22,23)16-5-3-4-14(12-16)17(20)21/h3-9,12,18H,10-11H2,1-2H3,(H,20,21). The Labute approximate surface area is 141 Å². The maximum Gasteiger partial charge on any atom is 0.335 e. The Morgan fingerprint density at radius 2 is 1.79 bits per heavy atom. The smallest absolute Gasteiger partial charge is 0.335 e. The second-order valence-corrected chi connectivity index (χ2v) is 7.31. The molecule has 0 aromatic heterocycles. The van der Waals surface area contributed by atoms with Crippen LogP contribution in [0.1, 0.15) is 15.9 Å². The fraction of sp³-hybridized carbons (Fsp3) is 0.235. The minimum absolute atomic E-state index is 0.0506. The summed E-state index contributed by atoms with van der Waals surface area (Å²) in [5.74, 6) is -1.16. The molecular weight excluding hydrogens is 328 g/mol. The molecule has 7 heteroatoms. The van der Waals surface area contributed by atoms with Crippen molar-refractivity contribution in [2.75, 3.05) is 25.5 Å². The van der Waals surface area contributed by atoms with Crippen LogP contribution in [0.3, 0.4) is 0 Å². The van der Waals surface area contributed by atoms with Crippen molar-refractivity contribution in [3.63, 3.8) is 0 Å². The van der Waals surface area contributed by atoms with Gasteiger partial charge < -0.3 is 10.0 Å². The average molecular weight is 348 g/mol. The number of carbonyl (C=O) groups is 1. The molecule has 0 unspecified atom stereocenters. The van der Waals surface area contributed by atoms with Crippen molar-refractivity contribution in [2.24, 2.45) is 0 Å². The Kier molecular flexibility index (Phi) is 5.58. The van der Waals surface area contributed by atoms with Crippen LogP contribution >= 0.6 is 0 Å². The number of hydrogen-bond donors (Lipinski definition) is 2. The third kappa shape index (κ3) is 4.56. The summed E-state index contributed by atoms with van der Waals surface area (Å²) in [5.41, 5.74) is 2.03. The molecule has 6 nitrogen and oxygen atoms in total. The molecule has 0 saturated carbocycles. The van der Waals surface area contributed by atoms with Gasteiger partial charge in [0.2, 0.25) is 10.0 Å². The van der Waals surface area contributed by atoms with Gasteiger partial charge in [0.15, 0.2) is 0 Å². The molecule has 0 saturated heterocycles. The zero-order chi connectivity index (χ0) is 17.7. The molecule has 0 spiro atoms. The maximum absolute atomic E-state index is 12.2. The summed E-state index contributed by atoms with van der Waals surface area (Å²) in [5, 5.41) is 8.94. The van der Waals surface area contributed by atoms with E-state index < -0.39 is 16.0 Å². The predicted molar refractivity (Wildman–Crippen MR) is 93.1 cm³/mol. The molecule has 2 N–H and O–H groups in total. The monoisotopic (exact) mass is 348 g/mol. The number of aromatic carboxylic acids is 1. The Morgan fingerprint density at radius 3 is 2.38 bits per heavy atom. The predicted octanol–water partition coefficient (Wildman–Crippen LogP) is 1.97. The normalized spacial score (nSPS) is 11.2. The highest BCUT2D eigenvalue weighted by Gasteiger charge is 2.15. The van der Waals surface area contributed by atoms with Gasteiger partial charge in [-0.05, 0) is 42.3 Å². The fourth-order valence-electron chi connectivity index (χ4n) is 2.17. The van der Waals surface area contributed by atoms with E-state index in [4.69, 9.17) is 5.11 Å². The van der Waals surface area contributed by atoms with Crippen LogP contribution in [0.5, 0.6) is 0 Å². The Morgan fingerprint density at radius 1 is 1.12 bits per heavy atom. The molecule has 2 aromatic rings. The number of benzene rings is 2. The molecule has 0 aliphatic rings. The number of carboxylic acid groups (broad SMARTS) is 1. The number of nitrogens with zero attached hydrogens (tertiary/aromatic N) is 1. The van der Waals surface area contributed by atoms with Gasteiger partial charge >= 0.3 is 5.97 Å². The second-order valence-electron chi connectivity index (χ2n) is 5.54. The lowest BCUT2D eigenvalue weighted by Crippen LogP contribution is -2.26. The van der Waals surface area contributed by atoms with Crippen LogP contribution in [0.4, 0.5) is 5.69 Å². The molecule has 0 atom stereocenters. The molecule has 2 rings (SSSR count). The second kappa shape index (κ2) is 7.46. The van der Waals surface area contributed by atoms with Gasteiger partial charge in [0.1, 0.15) is 0 Å². The summed E-state index contributed by atoms with van der Waals surface area (Å²) < 4.78 is 27.0. The van der Waals surface area contributed by atoms with E-state index in [1.807, 2.05) is 43.3 Å². The summed E-state index contributed by atoms with van der Waals surface area (Å²) in [6.07, 6.45) is 0.547.